The molecular weight excluding hydrogens is 333 g/mol. The van der Waals surface area contributed by atoms with Gasteiger partial charge in [-0.3, -0.25) is 4.79 Å². The van der Waals surface area contributed by atoms with Gasteiger partial charge in [-0.15, -0.1) is 0 Å². The number of nitrogens with zero attached hydrogens (tertiary/aromatic N) is 2. The standard InChI is InChI=1S/C20H16FN3O2/c1-13-4-2-7-19(22-13)23-20(25)17-11-18-16(8-9-26-18)24(17)12-14-5-3-6-15(21)10-14/h2-11H,12H2,1H3,(H,22,23,25). The second-order valence-corrected chi connectivity index (χ2v) is 6.03. The first kappa shape index (κ1) is 16.1. The maximum absolute atomic E-state index is 13.5. The summed E-state index contributed by atoms with van der Waals surface area (Å²) in [5.74, 6) is -0.135. The van der Waals surface area contributed by atoms with E-state index in [0.29, 0.717) is 23.6 Å². The molecule has 26 heavy (non-hydrogen) atoms. The van der Waals surface area contributed by atoms with Crippen LogP contribution >= 0.6 is 0 Å². The Hall–Kier alpha value is -3.41. The quantitative estimate of drug-likeness (QED) is 0.595. The van der Waals surface area contributed by atoms with E-state index in [4.69, 9.17) is 4.42 Å². The third-order valence-electron chi connectivity index (χ3n) is 4.12. The number of halogens is 1. The molecule has 0 atom stereocenters. The number of nitrogens with one attached hydrogen (secondary N) is 1. The minimum absolute atomic E-state index is 0.300. The second-order valence-electron chi connectivity index (χ2n) is 6.03. The highest BCUT2D eigenvalue weighted by Gasteiger charge is 2.18. The summed E-state index contributed by atoms with van der Waals surface area (Å²) >= 11 is 0. The number of anilines is 1. The van der Waals surface area contributed by atoms with Gasteiger partial charge in [0.15, 0.2) is 5.58 Å². The highest BCUT2D eigenvalue weighted by molar-refractivity contribution is 6.05. The third kappa shape index (κ3) is 3.09. The molecule has 0 bridgehead atoms. The van der Waals surface area contributed by atoms with Crippen molar-refractivity contribution in [1.29, 1.82) is 0 Å². The van der Waals surface area contributed by atoms with Gasteiger partial charge in [0.1, 0.15) is 17.3 Å². The molecule has 0 saturated carbocycles. The normalized spacial score (nSPS) is 11.0. The van der Waals surface area contributed by atoms with E-state index in [2.05, 4.69) is 10.3 Å². The Morgan fingerprint density at radius 3 is 2.85 bits per heavy atom. The number of benzene rings is 1. The zero-order valence-electron chi connectivity index (χ0n) is 14.1. The summed E-state index contributed by atoms with van der Waals surface area (Å²) in [5.41, 5.74) is 3.37. The smallest absolute Gasteiger partial charge is 0.273 e. The first-order valence-corrected chi connectivity index (χ1v) is 8.16. The van der Waals surface area contributed by atoms with Gasteiger partial charge in [0, 0.05) is 24.4 Å². The first-order valence-electron chi connectivity index (χ1n) is 8.16. The minimum atomic E-state index is -0.312. The van der Waals surface area contributed by atoms with Crippen molar-refractivity contribution < 1.29 is 13.6 Å². The number of aromatic nitrogens is 2. The van der Waals surface area contributed by atoms with E-state index in [1.54, 1.807) is 35.1 Å². The van der Waals surface area contributed by atoms with Crippen molar-refractivity contribution in [2.24, 2.45) is 0 Å². The van der Waals surface area contributed by atoms with E-state index in [1.165, 1.54) is 12.1 Å². The topological polar surface area (TPSA) is 60.1 Å². The lowest BCUT2D eigenvalue weighted by Crippen LogP contribution is -2.18. The average Bonchev–Trinajstić information content (AvgIpc) is 3.18. The molecule has 0 radical (unpaired) electrons. The third-order valence-corrected chi connectivity index (χ3v) is 4.12. The number of carbonyl (C=O) groups is 1. The summed E-state index contributed by atoms with van der Waals surface area (Å²) in [6.45, 7) is 2.21. The van der Waals surface area contributed by atoms with Crippen LogP contribution in [0.25, 0.3) is 11.1 Å². The van der Waals surface area contributed by atoms with Gasteiger partial charge in [-0.05, 0) is 36.8 Å². The summed E-state index contributed by atoms with van der Waals surface area (Å²) < 4.78 is 20.8. The fraction of sp³-hybridized carbons (Fsp3) is 0.100. The van der Waals surface area contributed by atoms with Crippen LogP contribution in [0.4, 0.5) is 10.2 Å². The number of aryl methyl sites for hydroxylation is 1. The van der Waals surface area contributed by atoms with Crippen molar-refractivity contribution in [3.05, 3.63) is 83.6 Å². The number of furan rings is 1. The number of rotatable bonds is 4. The van der Waals surface area contributed by atoms with E-state index < -0.39 is 0 Å². The number of fused-ring (bicyclic) bond motifs is 1. The van der Waals surface area contributed by atoms with Crippen molar-refractivity contribution in [2.75, 3.05) is 5.32 Å². The SMILES string of the molecule is Cc1cccc(NC(=O)c2cc3occc3n2Cc2cccc(F)c2)n1. The molecule has 0 saturated heterocycles. The summed E-state index contributed by atoms with van der Waals surface area (Å²) in [6, 6.07) is 15.2. The van der Waals surface area contributed by atoms with E-state index in [-0.39, 0.29) is 11.7 Å². The molecule has 3 aromatic heterocycles. The molecule has 0 fully saturated rings. The largest absolute Gasteiger partial charge is 0.463 e. The molecule has 5 nitrogen and oxygen atoms in total. The summed E-state index contributed by atoms with van der Waals surface area (Å²) in [6.07, 6.45) is 1.57. The highest BCUT2D eigenvalue weighted by atomic mass is 19.1. The molecule has 0 spiro atoms. The van der Waals surface area contributed by atoms with Gasteiger partial charge in [0.05, 0.1) is 11.8 Å². The Morgan fingerprint density at radius 2 is 2.04 bits per heavy atom. The van der Waals surface area contributed by atoms with Gasteiger partial charge in [0.25, 0.3) is 5.91 Å². The predicted octanol–water partition coefficient (Wildman–Crippen LogP) is 4.38. The fourth-order valence-corrected chi connectivity index (χ4v) is 2.95. The molecule has 0 unspecified atom stereocenters. The second kappa shape index (κ2) is 6.48. The molecule has 4 rings (SSSR count). The number of hydrogen-bond acceptors (Lipinski definition) is 3. The molecule has 6 heteroatoms. The molecule has 1 aromatic carbocycles. The number of pyridine rings is 1. The maximum Gasteiger partial charge on any atom is 0.273 e. The number of carbonyl (C=O) groups excluding carboxylic acids is 1. The van der Waals surface area contributed by atoms with Crippen molar-refractivity contribution in [3.63, 3.8) is 0 Å². The van der Waals surface area contributed by atoms with Crippen LogP contribution in [0.1, 0.15) is 21.7 Å². The van der Waals surface area contributed by atoms with E-state index in [9.17, 15) is 9.18 Å². The van der Waals surface area contributed by atoms with E-state index in [1.807, 2.05) is 25.1 Å². The molecule has 0 aliphatic rings. The molecule has 3 heterocycles. The highest BCUT2D eigenvalue weighted by Crippen LogP contribution is 2.23. The Bertz CT molecular complexity index is 1100. The molecule has 130 valence electrons. The van der Waals surface area contributed by atoms with Crippen LogP contribution < -0.4 is 5.32 Å². The van der Waals surface area contributed by atoms with Gasteiger partial charge in [-0.2, -0.15) is 0 Å². The van der Waals surface area contributed by atoms with Crippen molar-refractivity contribution >= 4 is 22.8 Å². The summed E-state index contributed by atoms with van der Waals surface area (Å²) in [7, 11) is 0. The molecule has 1 N–H and O–H groups in total. The Kier molecular flexibility index (Phi) is 4.01. The van der Waals surface area contributed by atoms with Gasteiger partial charge >= 0.3 is 0 Å². The van der Waals surface area contributed by atoms with Gasteiger partial charge in [0.2, 0.25) is 0 Å². The lowest BCUT2D eigenvalue weighted by molar-refractivity contribution is 0.101. The Labute approximate surface area is 149 Å². The first-order chi connectivity index (χ1) is 12.6. The number of hydrogen-bond donors (Lipinski definition) is 1. The number of amides is 1. The minimum Gasteiger partial charge on any atom is -0.463 e. The van der Waals surface area contributed by atoms with Crippen LogP contribution in [0.2, 0.25) is 0 Å². The molecule has 0 aliphatic carbocycles. The van der Waals surface area contributed by atoms with Crippen molar-refractivity contribution in [2.45, 2.75) is 13.5 Å². The average molecular weight is 349 g/mol. The molecule has 1 amide bonds. The van der Waals surface area contributed by atoms with Gasteiger partial charge in [-0.25, -0.2) is 9.37 Å². The van der Waals surface area contributed by atoms with E-state index >= 15 is 0 Å². The lowest BCUT2D eigenvalue weighted by Gasteiger charge is -2.11. The zero-order valence-corrected chi connectivity index (χ0v) is 14.1. The Morgan fingerprint density at radius 1 is 1.19 bits per heavy atom. The van der Waals surface area contributed by atoms with E-state index in [0.717, 1.165) is 16.8 Å². The fourth-order valence-electron chi connectivity index (χ4n) is 2.95. The van der Waals surface area contributed by atoms with Crippen LogP contribution in [-0.2, 0) is 6.54 Å². The molecular formula is C20H16FN3O2. The maximum atomic E-state index is 13.5. The van der Waals surface area contributed by atoms with Crippen LogP contribution in [0.5, 0.6) is 0 Å². The van der Waals surface area contributed by atoms with Gasteiger partial charge in [-0.1, -0.05) is 18.2 Å². The Balaban J connectivity index is 1.70. The van der Waals surface area contributed by atoms with Crippen molar-refractivity contribution in [1.82, 2.24) is 9.55 Å². The summed E-state index contributed by atoms with van der Waals surface area (Å²) in [4.78, 5) is 17.1. The van der Waals surface area contributed by atoms with Crippen LogP contribution in [0, 0.1) is 12.7 Å². The summed E-state index contributed by atoms with van der Waals surface area (Å²) in [5, 5.41) is 2.80. The molecule has 4 aromatic rings. The lowest BCUT2D eigenvalue weighted by atomic mass is 10.2. The van der Waals surface area contributed by atoms with Crippen LogP contribution in [0.3, 0.4) is 0 Å². The van der Waals surface area contributed by atoms with Crippen LogP contribution in [-0.4, -0.2) is 15.5 Å². The predicted molar refractivity (Wildman–Crippen MR) is 96.6 cm³/mol. The molecule has 0 aliphatic heterocycles. The monoisotopic (exact) mass is 349 g/mol. The van der Waals surface area contributed by atoms with Crippen molar-refractivity contribution in [3.8, 4) is 0 Å². The zero-order chi connectivity index (χ0) is 18.1. The van der Waals surface area contributed by atoms with Gasteiger partial charge < -0.3 is 14.3 Å². The van der Waals surface area contributed by atoms with Crippen LogP contribution in [0.15, 0.2) is 65.3 Å².